The number of carbonyl (C=O) groups excluding carboxylic acids is 1. The van der Waals surface area contributed by atoms with E-state index < -0.39 is 5.91 Å². The first-order chi connectivity index (χ1) is 9.47. The molecule has 0 saturated heterocycles. The molecule has 104 valence electrons. The van der Waals surface area contributed by atoms with Crippen molar-refractivity contribution in [2.24, 2.45) is 5.73 Å². The SMILES string of the molecule is Cc1ccc(NCc2ccc(C(N)=O)cc2Cl)cc1F. The summed E-state index contributed by atoms with van der Waals surface area (Å²) in [6, 6.07) is 9.79. The van der Waals surface area contributed by atoms with Crippen molar-refractivity contribution in [3.05, 3.63) is 63.9 Å². The van der Waals surface area contributed by atoms with Crippen molar-refractivity contribution in [3.8, 4) is 0 Å². The van der Waals surface area contributed by atoms with Crippen molar-refractivity contribution in [1.82, 2.24) is 0 Å². The minimum Gasteiger partial charge on any atom is -0.381 e. The zero-order valence-electron chi connectivity index (χ0n) is 10.9. The molecule has 0 aromatic heterocycles. The number of amides is 1. The van der Waals surface area contributed by atoms with E-state index in [2.05, 4.69) is 5.32 Å². The molecule has 0 bridgehead atoms. The van der Waals surface area contributed by atoms with E-state index >= 15 is 0 Å². The number of benzene rings is 2. The maximum atomic E-state index is 13.4. The van der Waals surface area contributed by atoms with E-state index in [4.69, 9.17) is 17.3 Å². The summed E-state index contributed by atoms with van der Waals surface area (Å²) in [6.07, 6.45) is 0. The van der Waals surface area contributed by atoms with E-state index in [1.807, 2.05) is 0 Å². The molecule has 0 heterocycles. The van der Waals surface area contributed by atoms with Crippen molar-refractivity contribution >= 4 is 23.2 Å². The lowest BCUT2D eigenvalue weighted by Gasteiger charge is -2.09. The van der Waals surface area contributed by atoms with Crippen molar-refractivity contribution in [1.29, 1.82) is 0 Å². The highest BCUT2D eigenvalue weighted by atomic mass is 35.5. The number of nitrogens with one attached hydrogen (secondary N) is 1. The maximum absolute atomic E-state index is 13.4. The largest absolute Gasteiger partial charge is 0.381 e. The van der Waals surface area contributed by atoms with Gasteiger partial charge in [0.25, 0.3) is 0 Å². The summed E-state index contributed by atoms with van der Waals surface area (Å²) in [7, 11) is 0. The van der Waals surface area contributed by atoms with Crippen LogP contribution in [0, 0.1) is 12.7 Å². The van der Waals surface area contributed by atoms with E-state index in [1.165, 1.54) is 12.1 Å². The van der Waals surface area contributed by atoms with Gasteiger partial charge in [-0.2, -0.15) is 0 Å². The van der Waals surface area contributed by atoms with Gasteiger partial charge in [-0.1, -0.05) is 23.7 Å². The molecule has 0 unspecified atom stereocenters. The molecule has 5 heteroatoms. The summed E-state index contributed by atoms with van der Waals surface area (Å²) < 4.78 is 13.4. The lowest BCUT2D eigenvalue weighted by Crippen LogP contribution is -2.11. The molecule has 0 radical (unpaired) electrons. The summed E-state index contributed by atoms with van der Waals surface area (Å²) in [5, 5.41) is 3.52. The van der Waals surface area contributed by atoms with Gasteiger partial charge in [0, 0.05) is 22.8 Å². The number of carbonyl (C=O) groups is 1. The fourth-order valence-electron chi connectivity index (χ4n) is 1.74. The van der Waals surface area contributed by atoms with Crippen LogP contribution >= 0.6 is 11.6 Å². The summed E-state index contributed by atoms with van der Waals surface area (Å²) in [6.45, 7) is 2.14. The van der Waals surface area contributed by atoms with Gasteiger partial charge in [0.2, 0.25) is 5.91 Å². The van der Waals surface area contributed by atoms with Crippen LogP contribution in [0.15, 0.2) is 36.4 Å². The van der Waals surface area contributed by atoms with Gasteiger partial charge in [-0.15, -0.1) is 0 Å². The predicted octanol–water partition coefficient (Wildman–Crippen LogP) is 3.50. The van der Waals surface area contributed by atoms with Gasteiger partial charge in [0.05, 0.1) is 0 Å². The average Bonchev–Trinajstić information content (AvgIpc) is 2.41. The predicted molar refractivity (Wildman–Crippen MR) is 78.4 cm³/mol. The molecular formula is C15H14ClFN2O. The average molecular weight is 293 g/mol. The number of hydrogen-bond acceptors (Lipinski definition) is 2. The lowest BCUT2D eigenvalue weighted by atomic mass is 10.1. The molecule has 2 aromatic carbocycles. The quantitative estimate of drug-likeness (QED) is 0.906. The second kappa shape index (κ2) is 5.92. The highest BCUT2D eigenvalue weighted by Crippen LogP contribution is 2.20. The Morgan fingerprint density at radius 3 is 2.65 bits per heavy atom. The third-order valence-electron chi connectivity index (χ3n) is 2.99. The summed E-state index contributed by atoms with van der Waals surface area (Å²) in [4.78, 5) is 11.0. The molecule has 0 aliphatic carbocycles. The van der Waals surface area contributed by atoms with Crippen LogP contribution in [0.2, 0.25) is 5.02 Å². The van der Waals surface area contributed by atoms with Crippen molar-refractivity contribution in [2.45, 2.75) is 13.5 Å². The van der Waals surface area contributed by atoms with Crippen LogP contribution in [-0.4, -0.2) is 5.91 Å². The molecular weight excluding hydrogens is 279 g/mol. The highest BCUT2D eigenvalue weighted by Gasteiger charge is 2.06. The second-order valence-electron chi connectivity index (χ2n) is 4.49. The Morgan fingerprint density at radius 1 is 1.30 bits per heavy atom. The van der Waals surface area contributed by atoms with Gasteiger partial charge in [-0.05, 0) is 42.3 Å². The number of halogens is 2. The Labute approximate surface area is 121 Å². The van der Waals surface area contributed by atoms with Crippen LogP contribution in [0.1, 0.15) is 21.5 Å². The van der Waals surface area contributed by atoms with E-state index in [9.17, 15) is 9.18 Å². The molecule has 0 atom stereocenters. The number of hydrogen-bond donors (Lipinski definition) is 2. The van der Waals surface area contributed by atoms with Crippen LogP contribution in [0.3, 0.4) is 0 Å². The van der Waals surface area contributed by atoms with Gasteiger partial charge in [-0.25, -0.2) is 4.39 Å². The number of primary amides is 1. The Hall–Kier alpha value is -2.07. The van der Waals surface area contributed by atoms with Gasteiger partial charge in [0.15, 0.2) is 0 Å². The van der Waals surface area contributed by atoms with Crippen molar-refractivity contribution in [2.75, 3.05) is 5.32 Å². The number of rotatable bonds is 4. The minimum absolute atomic E-state index is 0.259. The maximum Gasteiger partial charge on any atom is 0.248 e. The van der Waals surface area contributed by atoms with Crippen LogP contribution in [0.4, 0.5) is 10.1 Å². The molecule has 2 rings (SSSR count). The number of aryl methyl sites for hydroxylation is 1. The number of nitrogens with two attached hydrogens (primary N) is 1. The van der Waals surface area contributed by atoms with Gasteiger partial charge in [0.1, 0.15) is 5.82 Å². The highest BCUT2D eigenvalue weighted by molar-refractivity contribution is 6.31. The van der Waals surface area contributed by atoms with E-state index in [0.717, 1.165) is 5.56 Å². The molecule has 1 amide bonds. The van der Waals surface area contributed by atoms with Gasteiger partial charge < -0.3 is 11.1 Å². The fourth-order valence-corrected chi connectivity index (χ4v) is 1.99. The molecule has 0 saturated carbocycles. The van der Waals surface area contributed by atoms with E-state index in [0.29, 0.717) is 28.4 Å². The van der Waals surface area contributed by atoms with Crippen molar-refractivity contribution in [3.63, 3.8) is 0 Å². The van der Waals surface area contributed by atoms with Gasteiger partial charge >= 0.3 is 0 Å². The third-order valence-corrected chi connectivity index (χ3v) is 3.34. The Kier molecular flexibility index (Phi) is 4.25. The minimum atomic E-state index is -0.521. The first-order valence-electron chi connectivity index (χ1n) is 6.05. The lowest BCUT2D eigenvalue weighted by molar-refractivity contribution is 0.100. The van der Waals surface area contributed by atoms with E-state index in [1.54, 1.807) is 31.2 Å². The molecule has 20 heavy (non-hydrogen) atoms. The number of anilines is 1. The monoisotopic (exact) mass is 292 g/mol. The second-order valence-corrected chi connectivity index (χ2v) is 4.90. The molecule has 0 aliphatic heterocycles. The molecule has 2 aromatic rings. The smallest absolute Gasteiger partial charge is 0.248 e. The molecule has 3 nitrogen and oxygen atoms in total. The summed E-state index contributed by atoms with van der Waals surface area (Å²) >= 11 is 6.07. The summed E-state index contributed by atoms with van der Waals surface area (Å²) in [5.74, 6) is -0.780. The van der Waals surface area contributed by atoms with Crippen LogP contribution < -0.4 is 11.1 Å². The van der Waals surface area contributed by atoms with Gasteiger partial charge in [-0.3, -0.25) is 4.79 Å². The Morgan fingerprint density at radius 2 is 2.05 bits per heavy atom. The normalized spacial score (nSPS) is 10.3. The van der Waals surface area contributed by atoms with E-state index in [-0.39, 0.29) is 5.82 Å². The zero-order chi connectivity index (χ0) is 14.7. The fraction of sp³-hybridized carbons (Fsp3) is 0.133. The molecule has 0 fully saturated rings. The van der Waals surface area contributed by atoms with Crippen LogP contribution in [0.5, 0.6) is 0 Å². The van der Waals surface area contributed by atoms with Crippen molar-refractivity contribution < 1.29 is 9.18 Å². The summed E-state index contributed by atoms with van der Waals surface area (Å²) in [5.41, 5.74) is 7.60. The topological polar surface area (TPSA) is 55.1 Å². The standard InChI is InChI=1S/C15H14ClFN2O/c1-9-2-5-12(7-14(9)17)19-8-11-4-3-10(15(18)20)6-13(11)16/h2-7,19H,8H2,1H3,(H2,18,20). The van der Waals surface area contributed by atoms with Crippen LogP contribution in [-0.2, 0) is 6.54 Å². The third kappa shape index (κ3) is 3.27. The molecule has 0 spiro atoms. The van der Waals surface area contributed by atoms with Crippen LogP contribution in [0.25, 0.3) is 0 Å². The zero-order valence-corrected chi connectivity index (χ0v) is 11.7. The first-order valence-corrected chi connectivity index (χ1v) is 6.43. The Bertz CT molecular complexity index is 658. The Balaban J connectivity index is 2.10. The first kappa shape index (κ1) is 14.3. The molecule has 3 N–H and O–H groups in total. The molecule has 0 aliphatic rings.